The van der Waals surface area contributed by atoms with E-state index in [1.165, 1.54) is 12.7 Å². The molecule has 1 aromatic heterocycles. The van der Waals surface area contributed by atoms with Crippen LogP contribution in [-0.2, 0) is 0 Å². The largest absolute Gasteiger partial charge is 0.350 e. The second kappa shape index (κ2) is 5.73. The smallest absolute Gasteiger partial charge is 0.348 e. The molecule has 0 saturated carbocycles. The quantitative estimate of drug-likeness (QED) is 0.472. The molecule has 3 heterocycles. The fraction of sp³-hybridized carbons (Fsp3) is 0.692. The molecule has 21 heavy (non-hydrogen) atoms. The maximum atomic E-state index is 11.2. The fourth-order valence-electron chi connectivity index (χ4n) is 3.58. The van der Waals surface area contributed by atoms with E-state index in [9.17, 15) is 10.1 Å². The van der Waals surface area contributed by atoms with Gasteiger partial charge in [-0.25, -0.2) is 9.97 Å². The highest BCUT2D eigenvalue weighted by Gasteiger charge is 2.37. The summed E-state index contributed by atoms with van der Waals surface area (Å²) in [6, 6.07) is 0.575. The van der Waals surface area contributed by atoms with Gasteiger partial charge in [0.05, 0.1) is 4.92 Å². The van der Waals surface area contributed by atoms with Gasteiger partial charge in [0.25, 0.3) is 0 Å². The van der Waals surface area contributed by atoms with E-state index < -0.39 is 4.92 Å². The van der Waals surface area contributed by atoms with Crippen LogP contribution in [0, 0.1) is 16.0 Å². The monoisotopic (exact) mass is 311 g/mol. The van der Waals surface area contributed by atoms with Crippen molar-refractivity contribution in [3.8, 4) is 0 Å². The molecule has 2 saturated heterocycles. The predicted octanol–water partition coefficient (Wildman–Crippen LogP) is 1.96. The van der Waals surface area contributed by atoms with Crippen LogP contribution < -0.4 is 4.90 Å². The molecule has 2 aliphatic heterocycles. The maximum Gasteiger partial charge on any atom is 0.348 e. The molecule has 8 heteroatoms. The van der Waals surface area contributed by atoms with Crippen LogP contribution >= 0.6 is 11.6 Å². The van der Waals surface area contributed by atoms with E-state index in [1.807, 2.05) is 4.90 Å². The van der Waals surface area contributed by atoms with Crippen molar-refractivity contribution in [2.75, 3.05) is 31.6 Å². The van der Waals surface area contributed by atoms with Gasteiger partial charge in [-0.15, -0.1) is 0 Å². The lowest BCUT2D eigenvalue weighted by Gasteiger charge is -2.46. The predicted molar refractivity (Wildman–Crippen MR) is 79.7 cm³/mol. The molecular formula is C13H18ClN5O2. The Labute approximate surface area is 128 Å². The highest BCUT2D eigenvalue weighted by molar-refractivity contribution is 6.31. The van der Waals surface area contributed by atoms with Crippen LogP contribution in [0.5, 0.6) is 0 Å². The number of nitrogens with zero attached hydrogens (tertiary/aromatic N) is 5. The molecule has 0 spiro atoms. The molecule has 7 nitrogen and oxygen atoms in total. The van der Waals surface area contributed by atoms with Crippen LogP contribution in [0.15, 0.2) is 6.33 Å². The van der Waals surface area contributed by atoms with Gasteiger partial charge in [0.1, 0.15) is 6.33 Å². The molecule has 2 unspecified atom stereocenters. The van der Waals surface area contributed by atoms with Crippen LogP contribution in [0.1, 0.15) is 19.3 Å². The second-order valence-electron chi connectivity index (χ2n) is 5.78. The molecule has 0 bridgehead atoms. The molecule has 0 radical (unpaired) electrons. The summed E-state index contributed by atoms with van der Waals surface area (Å²) in [6.07, 6.45) is 4.64. The fourth-order valence-corrected chi connectivity index (χ4v) is 3.78. The van der Waals surface area contributed by atoms with Crippen molar-refractivity contribution in [2.24, 2.45) is 5.92 Å². The van der Waals surface area contributed by atoms with Gasteiger partial charge in [-0.3, -0.25) is 10.1 Å². The van der Waals surface area contributed by atoms with Crippen molar-refractivity contribution in [1.29, 1.82) is 0 Å². The summed E-state index contributed by atoms with van der Waals surface area (Å²) in [7, 11) is 2.16. The highest BCUT2D eigenvalue weighted by Crippen LogP contribution is 2.36. The normalized spacial score (nSPS) is 26.5. The average molecular weight is 312 g/mol. The molecule has 114 valence electrons. The van der Waals surface area contributed by atoms with Gasteiger partial charge in [0.2, 0.25) is 11.0 Å². The van der Waals surface area contributed by atoms with Crippen LogP contribution in [-0.4, -0.2) is 52.5 Å². The lowest BCUT2D eigenvalue weighted by atomic mass is 9.84. The van der Waals surface area contributed by atoms with Gasteiger partial charge < -0.3 is 9.80 Å². The van der Waals surface area contributed by atoms with Crippen molar-refractivity contribution < 1.29 is 4.92 Å². The molecule has 2 fully saturated rings. The molecule has 1 aromatic rings. The topological polar surface area (TPSA) is 75.4 Å². The zero-order valence-electron chi connectivity index (χ0n) is 11.9. The Bertz CT molecular complexity index is 555. The summed E-state index contributed by atoms with van der Waals surface area (Å²) in [4.78, 5) is 23.0. The Morgan fingerprint density at radius 3 is 2.95 bits per heavy atom. The summed E-state index contributed by atoms with van der Waals surface area (Å²) in [5, 5.41) is 11.1. The second-order valence-corrected chi connectivity index (χ2v) is 6.14. The third-order valence-corrected chi connectivity index (χ3v) is 4.86. The molecule has 3 rings (SSSR count). The number of rotatable bonds is 2. The summed E-state index contributed by atoms with van der Waals surface area (Å²) >= 11 is 5.88. The summed E-state index contributed by atoms with van der Waals surface area (Å²) in [5.41, 5.74) is -0.179. The van der Waals surface area contributed by atoms with Crippen LogP contribution in [0.25, 0.3) is 0 Å². The van der Waals surface area contributed by atoms with E-state index in [0.717, 1.165) is 32.5 Å². The third kappa shape index (κ3) is 2.67. The van der Waals surface area contributed by atoms with Gasteiger partial charge in [-0.05, 0) is 38.8 Å². The number of aromatic nitrogens is 2. The van der Waals surface area contributed by atoms with Crippen molar-refractivity contribution in [3.63, 3.8) is 0 Å². The van der Waals surface area contributed by atoms with E-state index in [-0.39, 0.29) is 10.8 Å². The lowest BCUT2D eigenvalue weighted by Crippen LogP contribution is -2.53. The van der Waals surface area contributed by atoms with E-state index in [0.29, 0.717) is 17.8 Å². The Kier molecular flexibility index (Phi) is 3.95. The van der Waals surface area contributed by atoms with Crippen molar-refractivity contribution in [3.05, 3.63) is 21.6 Å². The van der Waals surface area contributed by atoms with Gasteiger partial charge in [-0.2, -0.15) is 0 Å². The first kappa shape index (κ1) is 14.5. The number of likely N-dealkylation sites (tertiary alicyclic amines) is 1. The minimum absolute atomic E-state index is 0.0899. The lowest BCUT2D eigenvalue weighted by molar-refractivity contribution is -0.384. The standard InChI is InChI=1S/C13H18ClN5O2/c1-17-5-2-3-9-7-18(6-4-10(9)17)13-11(19(20)21)12(14)15-8-16-13/h8-10H,2-7H2,1H3. The van der Waals surface area contributed by atoms with E-state index >= 15 is 0 Å². The van der Waals surface area contributed by atoms with Crippen molar-refractivity contribution in [2.45, 2.75) is 25.3 Å². The number of halogens is 1. The number of piperidine rings is 2. The molecular weight excluding hydrogens is 294 g/mol. The molecule has 0 N–H and O–H groups in total. The molecule has 0 aromatic carbocycles. The molecule has 2 atom stereocenters. The minimum atomic E-state index is -0.489. The maximum absolute atomic E-state index is 11.2. The zero-order valence-corrected chi connectivity index (χ0v) is 12.7. The first-order chi connectivity index (χ1) is 10.1. The van der Waals surface area contributed by atoms with Crippen molar-refractivity contribution in [1.82, 2.24) is 14.9 Å². The van der Waals surface area contributed by atoms with Crippen LogP contribution in [0.4, 0.5) is 11.5 Å². The first-order valence-electron chi connectivity index (χ1n) is 7.18. The summed E-state index contributed by atoms with van der Waals surface area (Å²) in [5.74, 6) is 0.887. The Morgan fingerprint density at radius 1 is 1.38 bits per heavy atom. The molecule has 2 aliphatic rings. The van der Waals surface area contributed by atoms with Crippen LogP contribution in [0.3, 0.4) is 0 Å². The number of anilines is 1. The van der Waals surface area contributed by atoms with Gasteiger partial charge in [0.15, 0.2) is 0 Å². The highest BCUT2D eigenvalue weighted by atomic mass is 35.5. The van der Waals surface area contributed by atoms with Crippen LogP contribution in [0.2, 0.25) is 5.15 Å². The number of hydrogen-bond donors (Lipinski definition) is 0. The minimum Gasteiger partial charge on any atom is -0.350 e. The molecule has 0 aliphatic carbocycles. The van der Waals surface area contributed by atoms with Gasteiger partial charge in [-0.1, -0.05) is 11.6 Å². The van der Waals surface area contributed by atoms with Gasteiger partial charge in [0, 0.05) is 19.1 Å². The van der Waals surface area contributed by atoms with Gasteiger partial charge >= 0.3 is 5.69 Å². The SMILES string of the molecule is CN1CCCC2CN(c3ncnc(Cl)c3[N+](=O)[O-])CCC21. The number of hydrogen-bond acceptors (Lipinski definition) is 6. The first-order valence-corrected chi connectivity index (χ1v) is 7.56. The third-order valence-electron chi connectivity index (χ3n) is 4.59. The number of fused-ring (bicyclic) bond motifs is 1. The van der Waals surface area contributed by atoms with Crippen molar-refractivity contribution >= 4 is 23.1 Å². The van der Waals surface area contributed by atoms with E-state index in [2.05, 4.69) is 21.9 Å². The summed E-state index contributed by atoms with van der Waals surface area (Å²) in [6.45, 7) is 2.70. The zero-order chi connectivity index (χ0) is 15.0. The number of nitro groups is 1. The van der Waals surface area contributed by atoms with E-state index in [4.69, 9.17) is 11.6 Å². The van der Waals surface area contributed by atoms with E-state index in [1.54, 1.807) is 0 Å². The Balaban J connectivity index is 1.86. The molecule has 0 amide bonds. The summed E-state index contributed by atoms with van der Waals surface area (Å²) < 4.78 is 0. The Morgan fingerprint density at radius 2 is 2.19 bits per heavy atom. The Hall–Kier alpha value is -1.47. The average Bonchev–Trinajstić information content (AvgIpc) is 2.46.